The van der Waals surface area contributed by atoms with Gasteiger partial charge >= 0.3 is 0 Å². The summed E-state index contributed by atoms with van der Waals surface area (Å²) in [4.78, 5) is 15.9. The minimum atomic E-state index is -0.448. The first-order chi connectivity index (χ1) is 18.0. The number of rotatable bonds is 10. The van der Waals surface area contributed by atoms with E-state index < -0.39 is 5.91 Å². The summed E-state index contributed by atoms with van der Waals surface area (Å²) in [5.74, 6) is 0.421. The smallest absolute Gasteiger partial charge is 0.261 e. The molecule has 1 heterocycles. The number of fused-ring (bicyclic) bond motifs is 1. The number of benzene rings is 3. The quantitative estimate of drug-likeness (QED) is 0.190. The van der Waals surface area contributed by atoms with Crippen LogP contribution in [0.1, 0.15) is 29.2 Å². The molecule has 6 nitrogen and oxygen atoms in total. The predicted octanol–water partition coefficient (Wildman–Crippen LogP) is 6.37. The topological polar surface area (TPSA) is 87.1 Å². The zero-order chi connectivity index (χ0) is 26.2. The highest BCUT2D eigenvalue weighted by Crippen LogP contribution is 2.38. The molecule has 0 fully saturated rings. The second kappa shape index (κ2) is 12.2. The molecule has 188 valence electrons. The molecule has 0 bridgehead atoms. The number of carbonyl (C=O) groups is 1. The molecule has 37 heavy (non-hydrogen) atoms. The second-order valence-corrected chi connectivity index (χ2v) is 8.98. The maximum Gasteiger partial charge on any atom is 0.261 e. The van der Waals surface area contributed by atoms with Crippen LogP contribution >= 0.6 is 11.6 Å². The number of hydrogen-bond donors (Lipinski definition) is 2. The number of aryl methyl sites for hydroxylation is 1. The number of para-hydroxylation sites is 1. The number of nitrogens with one attached hydrogen (secondary N) is 2. The number of carbonyl (C=O) groups excluding carboxylic acids is 1. The number of aromatic nitrogens is 1. The zero-order valence-corrected chi connectivity index (χ0v) is 21.6. The van der Waals surface area contributed by atoms with Crippen molar-refractivity contribution in [3.8, 4) is 17.6 Å². The molecule has 1 amide bonds. The van der Waals surface area contributed by atoms with Crippen LogP contribution in [0, 0.1) is 18.3 Å². The molecule has 0 aliphatic rings. The summed E-state index contributed by atoms with van der Waals surface area (Å²) in [6, 6.07) is 21.4. The first-order valence-corrected chi connectivity index (χ1v) is 12.5. The zero-order valence-electron chi connectivity index (χ0n) is 20.8. The summed E-state index contributed by atoms with van der Waals surface area (Å²) < 4.78 is 11.7. The normalized spacial score (nSPS) is 11.2. The number of hydrogen-bond acceptors (Lipinski definition) is 4. The maximum absolute atomic E-state index is 12.7. The van der Waals surface area contributed by atoms with E-state index in [1.54, 1.807) is 12.1 Å². The van der Waals surface area contributed by atoms with Crippen molar-refractivity contribution in [3.05, 3.63) is 99.7 Å². The van der Waals surface area contributed by atoms with E-state index in [-0.39, 0.29) is 5.57 Å². The fourth-order valence-electron chi connectivity index (χ4n) is 3.97. The molecular formula is C30H28ClN3O3. The van der Waals surface area contributed by atoms with Gasteiger partial charge in [0.05, 0.1) is 11.6 Å². The Morgan fingerprint density at radius 2 is 1.92 bits per heavy atom. The van der Waals surface area contributed by atoms with Gasteiger partial charge in [-0.1, -0.05) is 59.6 Å². The number of H-pyrrole nitrogens is 1. The molecule has 4 rings (SSSR count). The summed E-state index contributed by atoms with van der Waals surface area (Å²) in [5.41, 5.74) is 4.88. The number of nitrogens with zero attached hydrogens (tertiary/aromatic N) is 1. The van der Waals surface area contributed by atoms with E-state index >= 15 is 0 Å². The predicted molar refractivity (Wildman–Crippen MR) is 147 cm³/mol. The first kappa shape index (κ1) is 25.9. The summed E-state index contributed by atoms with van der Waals surface area (Å²) in [5, 5.41) is 13.9. The minimum Gasteiger partial charge on any atom is -0.490 e. The average Bonchev–Trinajstić information content (AvgIpc) is 3.31. The van der Waals surface area contributed by atoms with Crippen molar-refractivity contribution in [1.29, 1.82) is 5.26 Å². The minimum absolute atomic E-state index is 0.0224. The molecular weight excluding hydrogens is 486 g/mol. The van der Waals surface area contributed by atoms with Crippen LogP contribution in [0.15, 0.2) is 72.4 Å². The van der Waals surface area contributed by atoms with E-state index in [1.165, 1.54) is 11.6 Å². The van der Waals surface area contributed by atoms with Crippen LogP contribution in [0.3, 0.4) is 0 Å². The van der Waals surface area contributed by atoms with E-state index in [1.807, 2.05) is 74.6 Å². The van der Waals surface area contributed by atoms with Gasteiger partial charge in [-0.3, -0.25) is 4.79 Å². The Hall–Kier alpha value is -4.21. The Morgan fingerprint density at radius 1 is 1.14 bits per heavy atom. The van der Waals surface area contributed by atoms with E-state index in [0.717, 1.165) is 22.0 Å². The van der Waals surface area contributed by atoms with Crippen molar-refractivity contribution < 1.29 is 14.3 Å². The molecule has 0 saturated carbocycles. The average molecular weight is 514 g/mol. The summed E-state index contributed by atoms with van der Waals surface area (Å²) in [6.45, 7) is 5.03. The molecule has 3 aromatic carbocycles. The Morgan fingerprint density at radius 3 is 2.68 bits per heavy atom. The van der Waals surface area contributed by atoms with Gasteiger partial charge in [0, 0.05) is 23.6 Å². The van der Waals surface area contributed by atoms with Gasteiger partial charge < -0.3 is 19.8 Å². The molecule has 4 aromatic rings. The molecule has 0 aliphatic heterocycles. The van der Waals surface area contributed by atoms with Crippen molar-refractivity contribution in [2.24, 2.45) is 0 Å². The summed E-state index contributed by atoms with van der Waals surface area (Å²) >= 11 is 6.54. The molecule has 0 saturated heterocycles. The third-order valence-electron chi connectivity index (χ3n) is 5.87. The molecule has 0 atom stereocenters. The molecule has 0 spiro atoms. The van der Waals surface area contributed by atoms with Crippen LogP contribution in [-0.2, 0) is 17.8 Å². The van der Waals surface area contributed by atoms with E-state index in [2.05, 4.69) is 10.3 Å². The van der Waals surface area contributed by atoms with Gasteiger partial charge in [0.25, 0.3) is 5.91 Å². The summed E-state index contributed by atoms with van der Waals surface area (Å²) in [7, 11) is 0. The largest absolute Gasteiger partial charge is 0.490 e. The van der Waals surface area contributed by atoms with E-state index in [0.29, 0.717) is 48.3 Å². The number of ether oxygens (including phenoxy) is 2. The third kappa shape index (κ3) is 6.52. The number of amides is 1. The Labute approximate surface area is 221 Å². The lowest BCUT2D eigenvalue weighted by atomic mass is 10.1. The SMILES string of the molecule is CCOc1cc(/C=C(/C#N)C(=O)NCCc2c[nH]c3ccccc23)cc(Cl)c1OCc1ccc(C)cc1. The fraction of sp³-hybridized carbons (Fsp3) is 0.200. The Kier molecular flexibility index (Phi) is 8.50. The molecule has 7 heteroatoms. The van der Waals surface area contributed by atoms with Gasteiger partial charge in [-0.05, 0) is 61.2 Å². The third-order valence-corrected chi connectivity index (χ3v) is 6.15. The van der Waals surface area contributed by atoms with Crippen LogP contribution in [0.4, 0.5) is 0 Å². The van der Waals surface area contributed by atoms with Crippen molar-refractivity contribution in [1.82, 2.24) is 10.3 Å². The number of nitriles is 1. The first-order valence-electron chi connectivity index (χ1n) is 12.1. The van der Waals surface area contributed by atoms with Gasteiger partial charge in [-0.2, -0.15) is 5.26 Å². The number of aromatic amines is 1. The van der Waals surface area contributed by atoms with Crippen molar-refractivity contribution in [2.75, 3.05) is 13.2 Å². The van der Waals surface area contributed by atoms with Gasteiger partial charge in [0.15, 0.2) is 11.5 Å². The lowest BCUT2D eigenvalue weighted by molar-refractivity contribution is -0.117. The van der Waals surface area contributed by atoms with Crippen LogP contribution < -0.4 is 14.8 Å². The fourth-order valence-corrected chi connectivity index (χ4v) is 4.25. The molecule has 0 radical (unpaired) electrons. The second-order valence-electron chi connectivity index (χ2n) is 8.57. The summed E-state index contributed by atoms with van der Waals surface area (Å²) in [6.07, 6.45) is 4.08. The van der Waals surface area contributed by atoms with Crippen molar-refractivity contribution in [3.63, 3.8) is 0 Å². The Balaban J connectivity index is 1.45. The molecule has 0 aliphatic carbocycles. The van der Waals surface area contributed by atoms with Crippen LogP contribution in [0.2, 0.25) is 5.02 Å². The lowest BCUT2D eigenvalue weighted by Crippen LogP contribution is -2.26. The van der Waals surface area contributed by atoms with Gasteiger partial charge in [0.2, 0.25) is 0 Å². The van der Waals surface area contributed by atoms with Crippen molar-refractivity contribution in [2.45, 2.75) is 26.9 Å². The maximum atomic E-state index is 12.7. The highest BCUT2D eigenvalue weighted by atomic mass is 35.5. The van der Waals surface area contributed by atoms with Crippen LogP contribution in [0.25, 0.3) is 17.0 Å². The molecule has 0 unspecified atom stereocenters. The van der Waals surface area contributed by atoms with E-state index in [9.17, 15) is 10.1 Å². The highest BCUT2D eigenvalue weighted by molar-refractivity contribution is 6.32. The Bertz CT molecular complexity index is 1470. The molecule has 1 aromatic heterocycles. The van der Waals surface area contributed by atoms with Gasteiger partial charge in [0.1, 0.15) is 18.2 Å². The van der Waals surface area contributed by atoms with Crippen molar-refractivity contribution >= 4 is 34.5 Å². The van der Waals surface area contributed by atoms with Crippen LogP contribution in [0.5, 0.6) is 11.5 Å². The van der Waals surface area contributed by atoms with E-state index in [4.69, 9.17) is 21.1 Å². The van der Waals surface area contributed by atoms with Gasteiger partial charge in [-0.25, -0.2) is 0 Å². The lowest BCUT2D eigenvalue weighted by Gasteiger charge is -2.15. The monoisotopic (exact) mass is 513 g/mol. The standard InChI is InChI=1S/C30H28ClN3O3/c1-3-36-28-16-22(15-26(31)29(28)37-19-21-10-8-20(2)9-11-21)14-24(17-32)30(35)33-13-12-23-18-34-27-7-5-4-6-25(23)27/h4-11,14-16,18,34H,3,12-13,19H2,1-2H3,(H,33,35)/b24-14-. The van der Waals surface area contributed by atoms with Crippen LogP contribution in [-0.4, -0.2) is 24.0 Å². The highest BCUT2D eigenvalue weighted by Gasteiger charge is 2.15. The molecule has 2 N–H and O–H groups in total. The van der Waals surface area contributed by atoms with Gasteiger partial charge in [-0.15, -0.1) is 0 Å². The number of halogens is 1.